The third-order valence-corrected chi connectivity index (χ3v) is 1.90. The van der Waals surface area contributed by atoms with E-state index in [9.17, 15) is 0 Å². The summed E-state index contributed by atoms with van der Waals surface area (Å²) in [6, 6.07) is 5.82. The second kappa shape index (κ2) is 5.97. The monoisotopic (exact) mass is 199 g/mol. The molecule has 1 aromatic rings. The first-order chi connectivity index (χ1) is 7.20. The van der Waals surface area contributed by atoms with E-state index in [1.165, 1.54) is 0 Å². The van der Waals surface area contributed by atoms with Gasteiger partial charge in [0.25, 0.3) is 0 Å². The number of hydrogen-bond donors (Lipinski definition) is 0. The summed E-state index contributed by atoms with van der Waals surface area (Å²) in [5.41, 5.74) is 1.86. The molecule has 0 N–H and O–H groups in total. The number of pyridine rings is 1. The lowest BCUT2D eigenvalue weighted by molar-refractivity contribution is 0.832. The first-order valence-corrected chi connectivity index (χ1v) is 5.15. The molecule has 0 radical (unpaired) electrons. The van der Waals surface area contributed by atoms with E-state index in [-0.39, 0.29) is 0 Å². The molecule has 1 aromatic heterocycles. The molecule has 0 fully saturated rings. The Morgan fingerprint density at radius 2 is 2.13 bits per heavy atom. The molecule has 0 aliphatic carbocycles. The number of nitrogens with zero attached hydrogens (tertiary/aromatic N) is 1. The van der Waals surface area contributed by atoms with E-state index in [4.69, 9.17) is 0 Å². The molecule has 0 amide bonds. The van der Waals surface area contributed by atoms with Gasteiger partial charge >= 0.3 is 0 Å². The summed E-state index contributed by atoms with van der Waals surface area (Å²) in [6.07, 6.45) is 9.93. The Hall–Kier alpha value is -1.63. The lowest BCUT2D eigenvalue weighted by atomic mass is 10.1. The molecule has 1 rings (SSSR count). The Kier molecular flexibility index (Phi) is 4.55. The summed E-state index contributed by atoms with van der Waals surface area (Å²) in [6.45, 7) is 8.26. The van der Waals surface area contributed by atoms with Gasteiger partial charge < -0.3 is 0 Å². The molecule has 0 spiro atoms. The van der Waals surface area contributed by atoms with Crippen LogP contribution >= 0.6 is 0 Å². The highest BCUT2D eigenvalue weighted by Gasteiger charge is 1.92. The molecular weight excluding hydrogens is 182 g/mol. The Balaban J connectivity index is 2.57. The van der Waals surface area contributed by atoms with Crippen LogP contribution in [0, 0.1) is 5.92 Å². The third kappa shape index (κ3) is 4.41. The van der Waals surface area contributed by atoms with Crippen molar-refractivity contribution in [2.24, 2.45) is 5.92 Å². The fourth-order valence-corrected chi connectivity index (χ4v) is 1.10. The van der Waals surface area contributed by atoms with Gasteiger partial charge in [0.05, 0.1) is 5.69 Å². The Morgan fingerprint density at radius 1 is 1.33 bits per heavy atom. The van der Waals surface area contributed by atoms with Gasteiger partial charge in [-0.1, -0.05) is 50.8 Å². The Labute approximate surface area is 91.9 Å². The average molecular weight is 199 g/mol. The van der Waals surface area contributed by atoms with Crippen LogP contribution in [0.1, 0.15) is 19.5 Å². The second-order valence-electron chi connectivity index (χ2n) is 3.73. The van der Waals surface area contributed by atoms with Gasteiger partial charge in [-0.25, -0.2) is 0 Å². The van der Waals surface area contributed by atoms with Crippen LogP contribution in [0.4, 0.5) is 0 Å². The highest BCUT2D eigenvalue weighted by Crippen LogP contribution is 2.09. The molecular formula is C14H17N. The van der Waals surface area contributed by atoms with Crippen molar-refractivity contribution in [3.8, 4) is 0 Å². The standard InChI is InChI=1S/C14H17N/c1-12(2)8-4-5-9-13(3)14-10-6-7-11-15-14/h4-12H,3H2,1-2H3/b8-4-,9-5-. The quantitative estimate of drug-likeness (QED) is 0.671. The van der Waals surface area contributed by atoms with Crippen LogP contribution in [-0.4, -0.2) is 4.98 Å². The van der Waals surface area contributed by atoms with Crippen LogP contribution in [-0.2, 0) is 0 Å². The summed E-state index contributed by atoms with van der Waals surface area (Å²) in [4.78, 5) is 4.22. The highest BCUT2D eigenvalue weighted by molar-refractivity contribution is 5.69. The van der Waals surface area contributed by atoms with E-state index in [2.05, 4.69) is 31.5 Å². The van der Waals surface area contributed by atoms with Gasteiger partial charge in [-0.3, -0.25) is 4.98 Å². The van der Waals surface area contributed by atoms with Gasteiger partial charge in [0, 0.05) is 6.20 Å². The zero-order valence-electron chi connectivity index (χ0n) is 9.35. The minimum Gasteiger partial charge on any atom is -0.256 e. The van der Waals surface area contributed by atoms with Crippen molar-refractivity contribution in [2.45, 2.75) is 13.8 Å². The Bertz CT molecular complexity index is 358. The summed E-state index contributed by atoms with van der Waals surface area (Å²) in [5.74, 6) is 0.581. The minimum absolute atomic E-state index is 0.581. The molecule has 0 saturated heterocycles. The lowest BCUT2D eigenvalue weighted by Gasteiger charge is -1.96. The molecule has 0 atom stereocenters. The van der Waals surface area contributed by atoms with E-state index in [1.54, 1.807) is 6.20 Å². The maximum absolute atomic E-state index is 4.22. The van der Waals surface area contributed by atoms with Crippen LogP contribution < -0.4 is 0 Å². The molecule has 1 nitrogen and oxygen atoms in total. The third-order valence-electron chi connectivity index (χ3n) is 1.90. The predicted octanol–water partition coefficient (Wildman–Crippen LogP) is 3.86. The fourth-order valence-electron chi connectivity index (χ4n) is 1.10. The first kappa shape index (κ1) is 11.4. The molecule has 0 unspecified atom stereocenters. The molecule has 0 aromatic carbocycles. The minimum atomic E-state index is 0.581. The van der Waals surface area contributed by atoms with Crippen LogP contribution in [0.25, 0.3) is 5.57 Å². The summed E-state index contributed by atoms with van der Waals surface area (Å²) in [7, 11) is 0. The fraction of sp³-hybridized carbons (Fsp3) is 0.214. The SMILES string of the molecule is C=C(/C=C\C=C/C(C)C)c1ccccn1. The van der Waals surface area contributed by atoms with E-state index in [0.717, 1.165) is 11.3 Å². The maximum Gasteiger partial charge on any atom is 0.0695 e. The Morgan fingerprint density at radius 3 is 2.73 bits per heavy atom. The molecule has 0 saturated carbocycles. The van der Waals surface area contributed by atoms with Crippen molar-refractivity contribution in [2.75, 3.05) is 0 Å². The topological polar surface area (TPSA) is 12.9 Å². The van der Waals surface area contributed by atoms with Gasteiger partial charge in [-0.2, -0.15) is 0 Å². The van der Waals surface area contributed by atoms with E-state index >= 15 is 0 Å². The zero-order chi connectivity index (χ0) is 11.1. The van der Waals surface area contributed by atoms with Crippen molar-refractivity contribution in [1.29, 1.82) is 0 Å². The molecule has 78 valence electrons. The van der Waals surface area contributed by atoms with Crippen molar-refractivity contribution >= 4 is 5.57 Å². The van der Waals surface area contributed by atoms with E-state index < -0.39 is 0 Å². The second-order valence-corrected chi connectivity index (χ2v) is 3.73. The predicted molar refractivity (Wildman–Crippen MR) is 66.4 cm³/mol. The molecule has 0 aliphatic heterocycles. The van der Waals surface area contributed by atoms with Crippen LogP contribution in [0.15, 0.2) is 55.3 Å². The van der Waals surface area contributed by atoms with Crippen LogP contribution in [0.5, 0.6) is 0 Å². The summed E-state index contributed by atoms with van der Waals surface area (Å²) >= 11 is 0. The molecule has 0 aliphatic rings. The van der Waals surface area contributed by atoms with Gasteiger partial charge in [0.2, 0.25) is 0 Å². The number of hydrogen-bond acceptors (Lipinski definition) is 1. The largest absolute Gasteiger partial charge is 0.256 e. The van der Waals surface area contributed by atoms with Gasteiger partial charge in [-0.05, 0) is 23.6 Å². The summed E-state index contributed by atoms with van der Waals surface area (Å²) in [5, 5.41) is 0. The molecule has 0 bridgehead atoms. The smallest absolute Gasteiger partial charge is 0.0695 e. The molecule has 1 heteroatoms. The van der Waals surface area contributed by atoms with Gasteiger partial charge in [-0.15, -0.1) is 0 Å². The van der Waals surface area contributed by atoms with Crippen molar-refractivity contribution < 1.29 is 0 Å². The van der Waals surface area contributed by atoms with Crippen molar-refractivity contribution in [3.05, 3.63) is 61.0 Å². The molecule has 1 heterocycles. The van der Waals surface area contributed by atoms with E-state index in [0.29, 0.717) is 5.92 Å². The first-order valence-electron chi connectivity index (χ1n) is 5.15. The van der Waals surface area contributed by atoms with Crippen molar-refractivity contribution in [3.63, 3.8) is 0 Å². The van der Waals surface area contributed by atoms with Crippen LogP contribution in [0.2, 0.25) is 0 Å². The number of allylic oxidation sites excluding steroid dienone is 5. The number of aromatic nitrogens is 1. The number of rotatable bonds is 4. The van der Waals surface area contributed by atoms with Crippen molar-refractivity contribution in [1.82, 2.24) is 4.98 Å². The highest BCUT2D eigenvalue weighted by atomic mass is 14.7. The zero-order valence-corrected chi connectivity index (χ0v) is 9.35. The normalized spacial score (nSPS) is 11.7. The summed E-state index contributed by atoms with van der Waals surface area (Å²) < 4.78 is 0. The van der Waals surface area contributed by atoms with Gasteiger partial charge in [0.15, 0.2) is 0 Å². The van der Waals surface area contributed by atoms with Crippen LogP contribution in [0.3, 0.4) is 0 Å². The van der Waals surface area contributed by atoms with E-state index in [1.807, 2.05) is 36.4 Å². The van der Waals surface area contributed by atoms with Gasteiger partial charge in [0.1, 0.15) is 0 Å². The average Bonchev–Trinajstić information content (AvgIpc) is 2.25. The molecule has 15 heavy (non-hydrogen) atoms. The maximum atomic E-state index is 4.22. The lowest BCUT2D eigenvalue weighted by Crippen LogP contribution is -1.82.